The molecule has 0 aromatic carbocycles. The smallest absolute Gasteiger partial charge is 0.378 e. The fourth-order valence-electron chi connectivity index (χ4n) is 5.62. The zero-order chi connectivity index (χ0) is 21.3. The standard InChI is InChI=1S/C22H36F3N3O2/c1-2-21(29)26-12-19-18-11-17(30-13-14-3-4-14)9-10-20(18)28(27-19)16-7-5-15(6-8-16)22(23,24)25/h14-20,27H,2-13H2,1H3,(H,26,29). The van der Waals surface area contributed by atoms with Crippen LogP contribution in [0.15, 0.2) is 0 Å². The van der Waals surface area contributed by atoms with Crippen LogP contribution in [-0.4, -0.2) is 54.5 Å². The molecule has 0 radical (unpaired) electrons. The molecule has 4 aliphatic rings. The van der Waals surface area contributed by atoms with Crippen molar-refractivity contribution in [2.75, 3.05) is 13.2 Å². The summed E-state index contributed by atoms with van der Waals surface area (Å²) in [6.45, 7) is 3.27. The summed E-state index contributed by atoms with van der Waals surface area (Å²) in [6, 6.07) is 0.590. The molecule has 1 amide bonds. The molecule has 172 valence electrons. The third kappa shape index (κ3) is 5.30. The minimum atomic E-state index is -4.07. The van der Waals surface area contributed by atoms with Crippen molar-refractivity contribution in [2.45, 2.75) is 102 Å². The van der Waals surface area contributed by atoms with E-state index in [4.69, 9.17) is 4.74 Å². The molecule has 30 heavy (non-hydrogen) atoms. The van der Waals surface area contributed by atoms with Gasteiger partial charge in [-0.25, -0.2) is 10.4 Å². The molecule has 3 aliphatic carbocycles. The second kappa shape index (κ2) is 9.33. The third-order valence-corrected chi connectivity index (χ3v) is 7.66. The van der Waals surface area contributed by atoms with Crippen molar-refractivity contribution < 1.29 is 22.7 Å². The van der Waals surface area contributed by atoms with Crippen molar-refractivity contribution in [3.05, 3.63) is 0 Å². The second-order valence-corrected chi connectivity index (χ2v) is 9.79. The van der Waals surface area contributed by atoms with Crippen molar-refractivity contribution in [3.8, 4) is 0 Å². The molecule has 0 bridgehead atoms. The molecule has 4 rings (SSSR count). The first-order valence-corrected chi connectivity index (χ1v) is 11.8. The molecule has 4 unspecified atom stereocenters. The maximum Gasteiger partial charge on any atom is 0.391 e. The van der Waals surface area contributed by atoms with E-state index in [0.29, 0.717) is 37.8 Å². The molecule has 0 aromatic rings. The molecule has 3 saturated carbocycles. The van der Waals surface area contributed by atoms with Gasteiger partial charge >= 0.3 is 6.18 Å². The van der Waals surface area contributed by atoms with Gasteiger partial charge in [-0.15, -0.1) is 0 Å². The summed E-state index contributed by atoms with van der Waals surface area (Å²) in [5.74, 6) is -0.0157. The minimum absolute atomic E-state index is 0.0369. The lowest BCUT2D eigenvalue weighted by Gasteiger charge is -2.41. The topological polar surface area (TPSA) is 53.6 Å². The van der Waals surface area contributed by atoms with Crippen LogP contribution in [0, 0.1) is 17.8 Å². The number of nitrogens with zero attached hydrogens (tertiary/aromatic N) is 1. The fourth-order valence-corrected chi connectivity index (χ4v) is 5.62. The monoisotopic (exact) mass is 431 g/mol. The van der Waals surface area contributed by atoms with Gasteiger partial charge in [0.2, 0.25) is 5.91 Å². The lowest BCUT2D eigenvalue weighted by molar-refractivity contribution is -0.185. The number of hydrogen-bond donors (Lipinski definition) is 2. The molecule has 0 aromatic heterocycles. The van der Waals surface area contributed by atoms with Gasteiger partial charge in [0, 0.05) is 37.7 Å². The molecule has 1 heterocycles. The van der Waals surface area contributed by atoms with Crippen LogP contribution in [0.25, 0.3) is 0 Å². The SMILES string of the molecule is CCC(=O)NCC1NN(C2CCC(C(F)(F)F)CC2)C2CCC(OCC3CC3)CC12. The van der Waals surface area contributed by atoms with E-state index in [2.05, 4.69) is 15.8 Å². The highest BCUT2D eigenvalue weighted by atomic mass is 19.4. The normalized spacial score (nSPS) is 37.7. The molecule has 2 N–H and O–H groups in total. The predicted octanol–water partition coefficient (Wildman–Crippen LogP) is 3.79. The van der Waals surface area contributed by atoms with Gasteiger partial charge in [0.25, 0.3) is 0 Å². The molecule has 5 nitrogen and oxygen atoms in total. The highest BCUT2D eigenvalue weighted by Crippen LogP contribution is 2.43. The Hall–Kier alpha value is -0.860. The Morgan fingerprint density at radius 2 is 1.83 bits per heavy atom. The number of nitrogens with one attached hydrogen (secondary N) is 2. The molecule has 1 aliphatic heterocycles. The van der Waals surface area contributed by atoms with Gasteiger partial charge in [0.15, 0.2) is 0 Å². The summed E-state index contributed by atoms with van der Waals surface area (Å²) in [5, 5.41) is 5.29. The van der Waals surface area contributed by atoms with Crippen LogP contribution in [-0.2, 0) is 9.53 Å². The minimum Gasteiger partial charge on any atom is -0.378 e. The largest absolute Gasteiger partial charge is 0.391 e. The lowest BCUT2D eigenvalue weighted by atomic mass is 9.78. The first-order chi connectivity index (χ1) is 14.3. The van der Waals surface area contributed by atoms with E-state index in [-0.39, 0.29) is 36.9 Å². The number of hydrogen-bond acceptors (Lipinski definition) is 4. The quantitative estimate of drug-likeness (QED) is 0.644. The van der Waals surface area contributed by atoms with E-state index < -0.39 is 12.1 Å². The van der Waals surface area contributed by atoms with E-state index >= 15 is 0 Å². The van der Waals surface area contributed by atoms with Gasteiger partial charge in [-0.05, 0) is 69.6 Å². The average Bonchev–Trinajstić information content (AvgIpc) is 3.50. The summed E-state index contributed by atoms with van der Waals surface area (Å²) >= 11 is 0. The number of halogens is 3. The van der Waals surface area contributed by atoms with Gasteiger partial charge in [0.05, 0.1) is 12.0 Å². The van der Waals surface area contributed by atoms with Crippen LogP contribution < -0.4 is 10.7 Å². The summed E-state index contributed by atoms with van der Waals surface area (Å²) in [4.78, 5) is 11.8. The second-order valence-electron chi connectivity index (χ2n) is 9.79. The maximum atomic E-state index is 13.1. The number of rotatable bonds is 7. The fraction of sp³-hybridized carbons (Fsp3) is 0.955. The zero-order valence-corrected chi connectivity index (χ0v) is 17.9. The molecular weight excluding hydrogens is 395 g/mol. The zero-order valence-electron chi connectivity index (χ0n) is 17.9. The Balaban J connectivity index is 1.38. The third-order valence-electron chi connectivity index (χ3n) is 7.66. The van der Waals surface area contributed by atoms with Crippen LogP contribution in [0.2, 0.25) is 0 Å². The first kappa shape index (κ1) is 22.3. The highest BCUT2D eigenvalue weighted by Gasteiger charge is 2.49. The van der Waals surface area contributed by atoms with Crippen LogP contribution in [0.4, 0.5) is 13.2 Å². The van der Waals surface area contributed by atoms with E-state index in [9.17, 15) is 18.0 Å². The summed E-state index contributed by atoms with van der Waals surface area (Å²) in [7, 11) is 0. The molecule has 1 saturated heterocycles. The van der Waals surface area contributed by atoms with Crippen molar-refractivity contribution in [3.63, 3.8) is 0 Å². The Kier molecular flexibility index (Phi) is 6.95. The Morgan fingerprint density at radius 3 is 2.47 bits per heavy atom. The summed E-state index contributed by atoms with van der Waals surface area (Å²) < 4.78 is 45.4. The van der Waals surface area contributed by atoms with E-state index in [0.717, 1.165) is 31.8 Å². The predicted molar refractivity (Wildman–Crippen MR) is 107 cm³/mol. The van der Waals surface area contributed by atoms with Gasteiger partial charge in [-0.1, -0.05) is 6.92 Å². The van der Waals surface area contributed by atoms with Gasteiger partial charge in [-0.2, -0.15) is 13.2 Å². The van der Waals surface area contributed by atoms with Crippen molar-refractivity contribution in [2.24, 2.45) is 17.8 Å². The Bertz CT molecular complexity index is 591. The molecular formula is C22H36F3N3O2. The van der Waals surface area contributed by atoms with E-state index in [1.807, 2.05) is 6.92 Å². The number of amides is 1. The molecule has 4 fully saturated rings. The maximum absolute atomic E-state index is 13.1. The van der Waals surface area contributed by atoms with Crippen molar-refractivity contribution in [1.82, 2.24) is 15.8 Å². The molecule has 4 atom stereocenters. The summed E-state index contributed by atoms with van der Waals surface area (Å²) in [6.07, 6.45) is 3.77. The van der Waals surface area contributed by atoms with E-state index in [1.165, 1.54) is 12.8 Å². The number of carbonyl (C=O) groups is 1. The Labute approximate surface area is 177 Å². The van der Waals surface area contributed by atoms with Crippen LogP contribution in [0.1, 0.15) is 71.1 Å². The number of hydrazine groups is 1. The number of alkyl halides is 3. The van der Waals surface area contributed by atoms with E-state index in [1.54, 1.807) is 0 Å². The van der Waals surface area contributed by atoms with Crippen LogP contribution >= 0.6 is 0 Å². The van der Waals surface area contributed by atoms with Crippen molar-refractivity contribution in [1.29, 1.82) is 0 Å². The number of ether oxygens (including phenoxy) is 1. The van der Waals surface area contributed by atoms with Gasteiger partial charge < -0.3 is 10.1 Å². The highest BCUT2D eigenvalue weighted by molar-refractivity contribution is 5.75. The van der Waals surface area contributed by atoms with Gasteiger partial charge in [0.1, 0.15) is 0 Å². The Morgan fingerprint density at radius 1 is 1.10 bits per heavy atom. The number of fused-ring (bicyclic) bond motifs is 1. The molecule has 8 heteroatoms. The average molecular weight is 432 g/mol. The van der Waals surface area contributed by atoms with Crippen molar-refractivity contribution >= 4 is 5.91 Å². The van der Waals surface area contributed by atoms with Crippen LogP contribution in [0.3, 0.4) is 0 Å². The first-order valence-electron chi connectivity index (χ1n) is 11.8. The van der Waals surface area contributed by atoms with Crippen LogP contribution in [0.5, 0.6) is 0 Å². The van der Waals surface area contributed by atoms with Gasteiger partial charge in [-0.3, -0.25) is 4.79 Å². The lowest BCUT2D eigenvalue weighted by Crippen LogP contribution is -2.50. The molecule has 0 spiro atoms. The number of carbonyl (C=O) groups excluding carboxylic acids is 1. The summed E-state index contributed by atoms with van der Waals surface area (Å²) in [5.41, 5.74) is 3.62.